The number of ketones is 1. The smallest absolute Gasteiger partial charge is 0.265 e. The van der Waals surface area contributed by atoms with Gasteiger partial charge in [0.2, 0.25) is 12.7 Å². The van der Waals surface area contributed by atoms with E-state index in [0.29, 0.717) is 40.2 Å². The van der Waals surface area contributed by atoms with Gasteiger partial charge in [0.1, 0.15) is 18.0 Å². The molecule has 9 heteroatoms. The van der Waals surface area contributed by atoms with Crippen LogP contribution in [0.15, 0.2) is 60.7 Å². The average molecular weight is 517 g/mol. The topological polar surface area (TPSA) is 103 Å². The molecule has 0 spiro atoms. The van der Waals surface area contributed by atoms with Gasteiger partial charge in [-0.3, -0.25) is 19.3 Å². The van der Waals surface area contributed by atoms with Gasteiger partial charge in [-0.2, -0.15) is 0 Å². The predicted molar refractivity (Wildman–Crippen MR) is 139 cm³/mol. The highest BCUT2D eigenvalue weighted by Gasteiger charge is 2.28. The maximum Gasteiger partial charge on any atom is 0.265 e. The summed E-state index contributed by atoms with van der Waals surface area (Å²) in [7, 11) is 0. The van der Waals surface area contributed by atoms with Gasteiger partial charge in [0, 0.05) is 12.1 Å². The molecule has 0 aliphatic carbocycles. The van der Waals surface area contributed by atoms with Gasteiger partial charge in [0.05, 0.1) is 5.69 Å². The highest BCUT2D eigenvalue weighted by Crippen LogP contribution is 2.34. The summed E-state index contributed by atoms with van der Waals surface area (Å²) in [5, 5.41) is 2.82. The molecule has 0 saturated heterocycles. The lowest BCUT2D eigenvalue weighted by Crippen LogP contribution is -2.45. The Bertz CT molecular complexity index is 1370. The molecule has 2 aliphatic heterocycles. The highest BCUT2D eigenvalue weighted by atomic mass is 16.7. The quantitative estimate of drug-likeness (QED) is 0.431. The minimum Gasteiger partial charge on any atom is -0.485 e. The number of ether oxygens (including phenoxy) is 4. The average Bonchev–Trinajstić information content (AvgIpc) is 3.40. The number of amides is 2. The summed E-state index contributed by atoms with van der Waals surface area (Å²) in [4.78, 5) is 39.6. The molecular formula is C29H28N2O7. The maximum absolute atomic E-state index is 12.9. The van der Waals surface area contributed by atoms with Crippen LogP contribution in [0.2, 0.25) is 0 Å². The summed E-state index contributed by atoms with van der Waals surface area (Å²) in [6.07, 6.45) is 0. The number of hydrogen-bond acceptors (Lipinski definition) is 7. The second-order valence-electron chi connectivity index (χ2n) is 9.35. The molecule has 0 bridgehead atoms. The summed E-state index contributed by atoms with van der Waals surface area (Å²) >= 11 is 0. The number of carbonyl (C=O) groups is 3. The normalized spacial score (nSPS) is 13.7. The molecule has 9 nitrogen and oxygen atoms in total. The van der Waals surface area contributed by atoms with Gasteiger partial charge in [-0.25, -0.2) is 0 Å². The molecule has 2 amide bonds. The van der Waals surface area contributed by atoms with Gasteiger partial charge in [0.25, 0.3) is 5.91 Å². The van der Waals surface area contributed by atoms with Crippen LogP contribution >= 0.6 is 0 Å². The van der Waals surface area contributed by atoms with Crippen LogP contribution in [0.4, 0.5) is 5.69 Å². The fourth-order valence-electron chi connectivity index (χ4n) is 4.18. The number of Topliss-reactive ketones (excluding diaryl/α,β-unsaturated/α-hetero) is 1. The number of nitrogens with one attached hydrogen (secondary N) is 1. The Morgan fingerprint density at radius 3 is 2.50 bits per heavy atom. The largest absolute Gasteiger partial charge is 0.485 e. The minimum atomic E-state index is -0.373. The molecule has 3 aromatic rings. The summed E-state index contributed by atoms with van der Waals surface area (Å²) < 4.78 is 21.9. The molecule has 1 N–H and O–H groups in total. The lowest BCUT2D eigenvalue weighted by Gasteiger charge is -2.29. The monoisotopic (exact) mass is 516 g/mol. The van der Waals surface area contributed by atoms with Crippen LogP contribution in [0.5, 0.6) is 23.0 Å². The van der Waals surface area contributed by atoms with Crippen LogP contribution in [0.1, 0.15) is 41.3 Å². The van der Waals surface area contributed by atoms with Crippen molar-refractivity contribution in [1.29, 1.82) is 0 Å². The highest BCUT2D eigenvalue weighted by molar-refractivity contribution is 6.04. The SMILES string of the molecule is CC(C)c1ccc(OCC(=O)c2ccc3c(c2)N(CC(=O)NCc2ccc4c(c2)OCO4)C(=O)CO3)cc1. The predicted octanol–water partition coefficient (Wildman–Crippen LogP) is 3.84. The third-order valence-electron chi connectivity index (χ3n) is 6.37. The first-order chi connectivity index (χ1) is 18.4. The van der Waals surface area contributed by atoms with E-state index in [1.807, 2.05) is 30.3 Å². The summed E-state index contributed by atoms with van der Waals surface area (Å²) in [5.41, 5.74) is 2.74. The molecule has 0 radical (unpaired) electrons. The summed E-state index contributed by atoms with van der Waals surface area (Å²) in [6, 6.07) is 17.9. The van der Waals surface area contributed by atoms with Crippen molar-refractivity contribution in [2.24, 2.45) is 0 Å². The number of carbonyl (C=O) groups excluding carboxylic acids is 3. The second kappa shape index (κ2) is 10.8. The molecule has 2 heterocycles. The van der Waals surface area contributed by atoms with E-state index in [2.05, 4.69) is 19.2 Å². The molecule has 0 aromatic heterocycles. The van der Waals surface area contributed by atoms with Crippen molar-refractivity contribution in [3.8, 4) is 23.0 Å². The first kappa shape index (κ1) is 25.1. The van der Waals surface area contributed by atoms with E-state index in [1.54, 1.807) is 30.3 Å². The zero-order valence-corrected chi connectivity index (χ0v) is 21.2. The Morgan fingerprint density at radius 1 is 0.947 bits per heavy atom. The van der Waals surface area contributed by atoms with Crippen molar-refractivity contribution in [3.63, 3.8) is 0 Å². The van der Waals surface area contributed by atoms with E-state index in [4.69, 9.17) is 18.9 Å². The van der Waals surface area contributed by atoms with Crippen molar-refractivity contribution in [2.75, 3.05) is 31.5 Å². The molecule has 5 rings (SSSR count). The van der Waals surface area contributed by atoms with Crippen molar-refractivity contribution < 1.29 is 33.3 Å². The molecule has 0 unspecified atom stereocenters. The molecular weight excluding hydrogens is 488 g/mol. The first-order valence-electron chi connectivity index (χ1n) is 12.4. The summed E-state index contributed by atoms with van der Waals surface area (Å²) in [6.45, 7) is 4.08. The lowest BCUT2D eigenvalue weighted by molar-refractivity contribution is -0.125. The summed E-state index contributed by atoms with van der Waals surface area (Å²) in [5.74, 6) is 1.73. The van der Waals surface area contributed by atoms with Crippen LogP contribution in [0.3, 0.4) is 0 Å². The Morgan fingerprint density at radius 2 is 1.71 bits per heavy atom. The maximum atomic E-state index is 12.9. The molecule has 2 aliphatic rings. The zero-order valence-electron chi connectivity index (χ0n) is 21.2. The van der Waals surface area contributed by atoms with Gasteiger partial charge < -0.3 is 24.3 Å². The van der Waals surface area contributed by atoms with Crippen molar-refractivity contribution in [2.45, 2.75) is 26.3 Å². The third-order valence-corrected chi connectivity index (χ3v) is 6.37. The Balaban J connectivity index is 1.22. The van der Waals surface area contributed by atoms with Crippen LogP contribution in [0.25, 0.3) is 0 Å². The molecule has 3 aromatic carbocycles. The van der Waals surface area contributed by atoms with Gasteiger partial charge >= 0.3 is 0 Å². The molecule has 0 atom stereocenters. The number of hydrogen-bond donors (Lipinski definition) is 1. The molecule has 0 saturated carbocycles. The van der Waals surface area contributed by atoms with Crippen molar-refractivity contribution in [3.05, 3.63) is 77.4 Å². The Hall–Kier alpha value is -4.53. The number of nitrogens with zero attached hydrogens (tertiary/aromatic N) is 1. The number of anilines is 1. The minimum absolute atomic E-state index is 0.162. The van der Waals surface area contributed by atoms with E-state index in [0.717, 1.165) is 5.56 Å². The fraction of sp³-hybridized carbons (Fsp3) is 0.276. The van der Waals surface area contributed by atoms with Crippen LogP contribution in [0, 0.1) is 0 Å². The molecule has 38 heavy (non-hydrogen) atoms. The Labute approximate surface area is 220 Å². The van der Waals surface area contributed by atoms with E-state index in [9.17, 15) is 14.4 Å². The van der Waals surface area contributed by atoms with E-state index < -0.39 is 0 Å². The van der Waals surface area contributed by atoms with Crippen LogP contribution in [-0.2, 0) is 16.1 Å². The fourth-order valence-corrected chi connectivity index (χ4v) is 4.18. The lowest BCUT2D eigenvalue weighted by atomic mass is 10.0. The van der Waals surface area contributed by atoms with E-state index >= 15 is 0 Å². The van der Waals surface area contributed by atoms with Crippen molar-refractivity contribution >= 4 is 23.3 Å². The number of fused-ring (bicyclic) bond motifs is 2. The standard InChI is InChI=1S/C29H28N2O7/c1-18(2)20-4-7-22(8-5-20)35-15-24(32)21-6-10-25-23(12-21)31(29(34)16-36-25)14-28(33)30-13-19-3-9-26-27(11-19)38-17-37-26/h3-12,18H,13-17H2,1-2H3,(H,30,33). The van der Waals surface area contributed by atoms with Crippen LogP contribution in [-0.4, -0.2) is 44.1 Å². The first-order valence-corrected chi connectivity index (χ1v) is 12.4. The van der Waals surface area contributed by atoms with Gasteiger partial charge in [-0.05, 0) is 59.5 Å². The molecule has 196 valence electrons. The van der Waals surface area contributed by atoms with E-state index in [1.165, 1.54) is 10.5 Å². The van der Waals surface area contributed by atoms with Gasteiger partial charge in [-0.15, -0.1) is 0 Å². The van der Waals surface area contributed by atoms with Gasteiger partial charge in [-0.1, -0.05) is 32.0 Å². The van der Waals surface area contributed by atoms with E-state index in [-0.39, 0.29) is 50.7 Å². The molecule has 0 fully saturated rings. The van der Waals surface area contributed by atoms with Crippen molar-refractivity contribution in [1.82, 2.24) is 5.32 Å². The second-order valence-corrected chi connectivity index (χ2v) is 9.35. The number of benzene rings is 3. The zero-order chi connectivity index (χ0) is 26.6. The third kappa shape index (κ3) is 5.56. The number of rotatable bonds is 9. The van der Waals surface area contributed by atoms with Gasteiger partial charge in [0.15, 0.2) is 30.5 Å². The van der Waals surface area contributed by atoms with Crippen LogP contribution < -0.4 is 29.2 Å². The Kier molecular flexibility index (Phi) is 7.17.